The molecule has 5 heteroatoms. The number of pyridine rings is 2. The predicted octanol–water partition coefficient (Wildman–Crippen LogP) is 6.01. The molecule has 3 aromatic heterocycles. The zero-order chi connectivity index (χ0) is 23.1. The molecule has 0 N–H and O–H groups in total. The molecule has 4 nitrogen and oxygen atoms in total. The quantitative estimate of drug-likeness (QED) is 0.392. The third kappa shape index (κ3) is 6.91. The Bertz CT molecular complexity index is 1000. The van der Waals surface area contributed by atoms with Crippen LogP contribution in [0.5, 0.6) is 0 Å². The molecule has 0 saturated carbocycles. The lowest BCUT2D eigenvalue weighted by Gasteiger charge is -2.20. The molecule has 3 rings (SSSR count). The molecule has 0 bridgehead atoms. The van der Waals surface area contributed by atoms with Gasteiger partial charge in [-0.25, -0.2) is 14.4 Å². The summed E-state index contributed by atoms with van der Waals surface area (Å²) in [5.74, 6) is 2.25. The molecular formula is C27H35FN4. The highest BCUT2D eigenvalue weighted by Gasteiger charge is 2.18. The van der Waals surface area contributed by atoms with Gasteiger partial charge in [0.1, 0.15) is 11.6 Å². The standard InChI is InChI=1S/C27H35FN4/c1-18(2)13-27-31-12-9-23(32-27)16-20(4)21(5)25-17-22(8-11-30-25)14-19(3)15-26-24(28)7-6-10-29-26/h6-12,17-21H,13-16H2,1-5H3. The van der Waals surface area contributed by atoms with Crippen molar-refractivity contribution in [2.75, 3.05) is 0 Å². The Balaban J connectivity index is 1.63. The molecule has 0 fully saturated rings. The van der Waals surface area contributed by atoms with Crippen LogP contribution in [-0.4, -0.2) is 19.9 Å². The van der Waals surface area contributed by atoms with Gasteiger partial charge in [-0.2, -0.15) is 0 Å². The van der Waals surface area contributed by atoms with Gasteiger partial charge in [0.15, 0.2) is 0 Å². The minimum atomic E-state index is -0.224. The van der Waals surface area contributed by atoms with E-state index < -0.39 is 0 Å². The molecular weight excluding hydrogens is 399 g/mol. The van der Waals surface area contributed by atoms with Crippen LogP contribution in [-0.2, 0) is 25.7 Å². The van der Waals surface area contributed by atoms with E-state index in [0.29, 0.717) is 35.8 Å². The van der Waals surface area contributed by atoms with E-state index in [1.807, 2.05) is 18.5 Å². The van der Waals surface area contributed by atoms with Gasteiger partial charge in [-0.3, -0.25) is 9.97 Å². The second-order valence-corrected chi connectivity index (χ2v) is 9.57. The van der Waals surface area contributed by atoms with Crippen molar-refractivity contribution >= 4 is 0 Å². The summed E-state index contributed by atoms with van der Waals surface area (Å²) in [6, 6.07) is 9.40. The molecule has 0 aromatic carbocycles. The van der Waals surface area contributed by atoms with E-state index in [9.17, 15) is 4.39 Å². The fourth-order valence-electron chi connectivity index (χ4n) is 4.06. The van der Waals surface area contributed by atoms with Gasteiger partial charge in [0.25, 0.3) is 0 Å². The number of rotatable bonds is 10. The van der Waals surface area contributed by atoms with Crippen LogP contribution in [0.15, 0.2) is 48.9 Å². The fraction of sp³-hybridized carbons (Fsp3) is 0.481. The molecule has 3 aromatic rings. The molecule has 0 aliphatic carbocycles. The Hall–Kier alpha value is -2.69. The largest absolute Gasteiger partial charge is 0.261 e. The lowest BCUT2D eigenvalue weighted by molar-refractivity contribution is 0.468. The summed E-state index contributed by atoms with van der Waals surface area (Å²) in [7, 11) is 0. The first-order valence-electron chi connectivity index (χ1n) is 11.7. The van der Waals surface area contributed by atoms with Crippen molar-refractivity contribution in [3.8, 4) is 0 Å². The van der Waals surface area contributed by atoms with Crippen molar-refractivity contribution in [2.45, 2.75) is 66.2 Å². The van der Waals surface area contributed by atoms with Gasteiger partial charge < -0.3 is 0 Å². The van der Waals surface area contributed by atoms with Crippen LogP contribution < -0.4 is 0 Å². The summed E-state index contributed by atoms with van der Waals surface area (Å²) < 4.78 is 13.9. The molecule has 32 heavy (non-hydrogen) atoms. The van der Waals surface area contributed by atoms with Crippen molar-refractivity contribution in [1.29, 1.82) is 0 Å². The zero-order valence-electron chi connectivity index (χ0n) is 19.9. The van der Waals surface area contributed by atoms with Crippen molar-refractivity contribution in [2.24, 2.45) is 17.8 Å². The maximum atomic E-state index is 13.9. The Kier molecular flexibility index (Phi) is 8.43. The minimum Gasteiger partial charge on any atom is -0.261 e. The zero-order valence-corrected chi connectivity index (χ0v) is 19.9. The first-order valence-corrected chi connectivity index (χ1v) is 11.7. The molecule has 3 heterocycles. The lowest BCUT2D eigenvalue weighted by Crippen LogP contribution is -2.14. The van der Waals surface area contributed by atoms with Crippen LogP contribution in [0.2, 0.25) is 0 Å². The monoisotopic (exact) mass is 434 g/mol. The summed E-state index contributed by atoms with van der Waals surface area (Å²) in [6.07, 6.45) is 8.73. The maximum absolute atomic E-state index is 13.9. The highest BCUT2D eigenvalue weighted by Crippen LogP contribution is 2.26. The van der Waals surface area contributed by atoms with E-state index in [2.05, 4.69) is 61.7 Å². The first kappa shape index (κ1) is 24.0. The number of hydrogen-bond acceptors (Lipinski definition) is 4. The number of aromatic nitrogens is 4. The molecule has 0 aliphatic heterocycles. The molecule has 0 amide bonds. The molecule has 170 valence electrons. The number of nitrogens with zero attached hydrogens (tertiary/aromatic N) is 4. The predicted molar refractivity (Wildman–Crippen MR) is 127 cm³/mol. The highest BCUT2D eigenvalue weighted by molar-refractivity contribution is 5.21. The highest BCUT2D eigenvalue weighted by atomic mass is 19.1. The second kappa shape index (κ2) is 11.3. The van der Waals surface area contributed by atoms with Crippen molar-refractivity contribution < 1.29 is 4.39 Å². The van der Waals surface area contributed by atoms with Gasteiger partial charge in [0, 0.05) is 42.3 Å². The molecule has 0 radical (unpaired) electrons. The minimum absolute atomic E-state index is 0.224. The molecule has 0 aliphatic rings. The van der Waals surface area contributed by atoms with Crippen LogP contribution >= 0.6 is 0 Å². The van der Waals surface area contributed by atoms with Gasteiger partial charge in [0.05, 0.1) is 5.69 Å². The SMILES string of the molecule is CC(C)Cc1nccc(CC(C)C(C)c2cc(CC(C)Cc3ncccc3F)ccn2)n1. The van der Waals surface area contributed by atoms with E-state index in [0.717, 1.165) is 36.5 Å². The third-order valence-corrected chi connectivity index (χ3v) is 6.01. The Morgan fingerprint density at radius 1 is 0.812 bits per heavy atom. The summed E-state index contributed by atoms with van der Waals surface area (Å²) in [5.41, 5.74) is 3.97. The maximum Gasteiger partial charge on any atom is 0.144 e. The molecule has 0 saturated heterocycles. The summed E-state index contributed by atoms with van der Waals surface area (Å²) in [5, 5.41) is 0. The van der Waals surface area contributed by atoms with Crippen molar-refractivity contribution in [3.63, 3.8) is 0 Å². The van der Waals surface area contributed by atoms with E-state index >= 15 is 0 Å². The first-order chi connectivity index (χ1) is 15.3. The van der Waals surface area contributed by atoms with Crippen LogP contribution in [0.25, 0.3) is 0 Å². The Labute approximate surface area is 191 Å². The van der Waals surface area contributed by atoms with Crippen LogP contribution in [0.4, 0.5) is 4.39 Å². The topological polar surface area (TPSA) is 51.6 Å². The number of hydrogen-bond donors (Lipinski definition) is 0. The van der Waals surface area contributed by atoms with Crippen LogP contribution in [0.3, 0.4) is 0 Å². The molecule has 3 unspecified atom stereocenters. The molecule has 0 spiro atoms. The summed E-state index contributed by atoms with van der Waals surface area (Å²) >= 11 is 0. The Morgan fingerprint density at radius 2 is 1.59 bits per heavy atom. The van der Waals surface area contributed by atoms with Gasteiger partial charge in [0.2, 0.25) is 0 Å². The van der Waals surface area contributed by atoms with Gasteiger partial charge in [-0.15, -0.1) is 0 Å². The molecule has 3 atom stereocenters. The number of halogens is 1. The van der Waals surface area contributed by atoms with Gasteiger partial charge >= 0.3 is 0 Å². The Morgan fingerprint density at radius 3 is 2.34 bits per heavy atom. The summed E-state index contributed by atoms with van der Waals surface area (Å²) in [4.78, 5) is 18.0. The van der Waals surface area contributed by atoms with E-state index in [-0.39, 0.29) is 5.82 Å². The summed E-state index contributed by atoms with van der Waals surface area (Å²) in [6.45, 7) is 11.0. The van der Waals surface area contributed by atoms with Crippen LogP contribution in [0, 0.1) is 23.6 Å². The normalized spacial score (nSPS) is 14.3. The fourth-order valence-corrected chi connectivity index (χ4v) is 4.06. The average molecular weight is 435 g/mol. The second-order valence-electron chi connectivity index (χ2n) is 9.57. The van der Waals surface area contributed by atoms with E-state index in [4.69, 9.17) is 4.98 Å². The lowest BCUT2D eigenvalue weighted by atomic mass is 9.87. The van der Waals surface area contributed by atoms with Crippen molar-refractivity contribution in [3.05, 3.63) is 83.2 Å². The van der Waals surface area contributed by atoms with E-state index in [1.165, 1.54) is 11.6 Å². The average Bonchev–Trinajstić information content (AvgIpc) is 2.74. The van der Waals surface area contributed by atoms with Gasteiger partial charge in [-0.1, -0.05) is 34.6 Å². The smallest absolute Gasteiger partial charge is 0.144 e. The van der Waals surface area contributed by atoms with Gasteiger partial charge in [-0.05, 0) is 72.9 Å². The third-order valence-electron chi connectivity index (χ3n) is 6.01. The van der Waals surface area contributed by atoms with E-state index in [1.54, 1.807) is 12.3 Å². The van der Waals surface area contributed by atoms with Crippen LogP contribution in [0.1, 0.15) is 69.0 Å². The van der Waals surface area contributed by atoms with Crippen molar-refractivity contribution in [1.82, 2.24) is 19.9 Å².